The van der Waals surface area contributed by atoms with Crippen LogP contribution in [0, 0.1) is 11.8 Å². The molecule has 1 aromatic carbocycles. The number of methoxy groups -OCH3 is 1. The molecule has 33 heavy (non-hydrogen) atoms. The number of benzene rings is 1. The van der Waals surface area contributed by atoms with Crippen LogP contribution in [0.3, 0.4) is 0 Å². The number of hydrogen-bond donors (Lipinski definition) is 1. The summed E-state index contributed by atoms with van der Waals surface area (Å²) >= 11 is 0. The summed E-state index contributed by atoms with van der Waals surface area (Å²) < 4.78 is 7.30. The number of carboxylic acid groups (broad SMARTS) is 1. The van der Waals surface area contributed by atoms with E-state index in [0.717, 1.165) is 25.3 Å². The topological polar surface area (TPSA) is 87.9 Å². The van der Waals surface area contributed by atoms with Gasteiger partial charge in [0, 0.05) is 44.6 Å². The second-order valence-corrected chi connectivity index (χ2v) is 9.36. The second-order valence-electron chi connectivity index (χ2n) is 9.36. The standard InChI is InChI=1S/C24H32N4O2.CH2O2/c1-26-11-9-25-23(26)24(29)27-15-18-14-19(16-27)22(28-10-4-3-8-21(18)28)13-17-6-5-7-20(12-17)30-2;2-1-3/h5-7,9,11-12,18-19,21-22H,3-4,8,10,13-16H2,1-2H3;1H,(H,2,3)/t18-,19+,21+,22+;/m1./s1. The molecule has 8 nitrogen and oxygen atoms in total. The molecular weight excluding hydrogens is 420 g/mol. The van der Waals surface area contributed by atoms with Gasteiger partial charge >= 0.3 is 0 Å². The molecule has 2 aromatic rings. The van der Waals surface area contributed by atoms with Gasteiger partial charge in [0.05, 0.1) is 7.11 Å². The highest BCUT2D eigenvalue weighted by Crippen LogP contribution is 2.42. The number of aromatic nitrogens is 2. The first kappa shape index (κ1) is 23.3. The van der Waals surface area contributed by atoms with Gasteiger partial charge in [-0.15, -0.1) is 0 Å². The van der Waals surface area contributed by atoms with E-state index >= 15 is 0 Å². The third kappa shape index (κ3) is 4.90. The van der Waals surface area contributed by atoms with Gasteiger partial charge in [-0.3, -0.25) is 14.5 Å². The molecule has 3 saturated heterocycles. The highest BCUT2D eigenvalue weighted by molar-refractivity contribution is 5.90. The molecule has 4 heterocycles. The van der Waals surface area contributed by atoms with Crippen molar-refractivity contribution in [2.45, 2.75) is 44.2 Å². The second kappa shape index (κ2) is 10.4. The summed E-state index contributed by atoms with van der Waals surface area (Å²) in [6.45, 7) is 2.65. The molecule has 3 aliphatic rings. The number of amides is 1. The van der Waals surface area contributed by atoms with E-state index in [0.29, 0.717) is 29.7 Å². The molecule has 1 aromatic heterocycles. The fraction of sp³-hybridized carbons (Fsp3) is 0.560. The molecule has 0 aliphatic carbocycles. The van der Waals surface area contributed by atoms with Gasteiger partial charge in [0.15, 0.2) is 5.82 Å². The number of aryl methyl sites for hydroxylation is 1. The number of likely N-dealkylation sites (tertiary alicyclic amines) is 1. The average Bonchev–Trinajstić information content (AvgIpc) is 3.27. The zero-order valence-corrected chi connectivity index (χ0v) is 19.5. The molecule has 4 atom stereocenters. The van der Waals surface area contributed by atoms with Crippen LogP contribution in [0.4, 0.5) is 0 Å². The Morgan fingerprint density at radius 3 is 2.79 bits per heavy atom. The minimum absolute atomic E-state index is 0.0848. The van der Waals surface area contributed by atoms with Crippen molar-refractivity contribution in [2.24, 2.45) is 18.9 Å². The van der Waals surface area contributed by atoms with Crippen molar-refractivity contribution >= 4 is 12.4 Å². The number of hydrogen-bond acceptors (Lipinski definition) is 5. The fourth-order valence-electron chi connectivity index (χ4n) is 6.11. The number of carbonyl (C=O) groups excluding carboxylic acids is 1. The van der Waals surface area contributed by atoms with Crippen molar-refractivity contribution in [3.63, 3.8) is 0 Å². The van der Waals surface area contributed by atoms with Gasteiger partial charge in [-0.25, -0.2) is 4.98 Å². The van der Waals surface area contributed by atoms with Crippen LogP contribution in [-0.4, -0.2) is 75.7 Å². The summed E-state index contributed by atoms with van der Waals surface area (Å²) in [7, 11) is 3.63. The Hall–Kier alpha value is -2.87. The third-order valence-electron chi connectivity index (χ3n) is 7.50. The zero-order chi connectivity index (χ0) is 23.4. The van der Waals surface area contributed by atoms with Crippen molar-refractivity contribution in [1.82, 2.24) is 19.4 Å². The molecule has 2 bridgehead atoms. The molecule has 0 radical (unpaired) electrons. The maximum Gasteiger partial charge on any atom is 0.290 e. The summed E-state index contributed by atoms with van der Waals surface area (Å²) in [5.74, 6) is 2.65. The molecule has 1 N–H and O–H groups in total. The fourth-order valence-corrected chi connectivity index (χ4v) is 6.11. The van der Waals surface area contributed by atoms with Crippen LogP contribution in [0.15, 0.2) is 36.7 Å². The molecule has 1 amide bonds. The predicted molar refractivity (Wildman–Crippen MR) is 124 cm³/mol. The number of fused-ring (bicyclic) bond motifs is 4. The van der Waals surface area contributed by atoms with Crippen molar-refractivity contribution in [3.05, 3.63) is 48.0 Å². The minimum Gasteiger partial charge on any atom is -0.497 e. The first-order valence-electron chi connectivity index (χ1n) is 11.8. The molecule has 178 valence electrons. The van der Waals surface area contributed by atoms with E-state index in [1.165, 1.54) is 37.8 Å². The van der Waals surface area contributed by atoms with Gasteiger partial charge in [0.25, 0.3) is 12.4 Å². The molecule has 0 saturated carbocycles. The molecule has 0 unspecified atom stereocenters. The van der Waals surface area contributed by atoms with Crippen molar-refractivity contribution in [1.29, 1.82) is 0 Å². The van der Waals surface area contributed by atoms with Crippen LogP contribution in [0.5, 0.6) is 5.75 Å². The quantitative estimate of drug-likeness (QED) is 0.715. The van der Waals surface area contributed by atoms with Crippen LogP contribution in [0.25, 0.3) is 0 Å². The average molecular weight is 455 g/mol. The van der Waals surface area contributed by atoms with Gasteiger partial charge in [-0.05, 0) is 61.8 Å². The Bertz CT molecular complexity index is 961. The lowest BCUT2D eigenvalue weighted by Gasteiger charge is -2.57. The van der Waals surface area contributed by atoms with E-state index in [9.17, 15) is 4.79 Å². The van der Waals surface area contributed by atoms with Crippen LogP contribution >= 0.6 is 0 Å². The molecule has 8 heteroatoms. The summed E-state index contributed by atoms with van der Waals surface area (Å²) in [6.07, 6.45) is 9.69. The summed E-state index contributed by atoms with van der Waals surface area (Å²) in [5, 5.41) is 6.89. The van der Waals surface area contributed by atoms with Crippen molar-refractivity contribution in [2.75, 3.05) is 26.7 Å². The van der Waals surface area contributed by atoms with E-state index in [1.54, 1.807) is 13.3 Å². The Kier molecular flexibility index (Phi) is 7.33. The van der Waals surface area contributed by atoms with Gasteiger partial charge in [-0.2, -0.15) is 0 Å². The number of carbonyl (C=O) groups is 2. The van der Waals surface area contributed by atoms with Gasteiger partial charge in [0.2, 0.25) is 0 Å². The van der Waals surface area contributed by atoms with E-state index in [1.807, 2.05) is 23.9 Å². The van der Waals surface area contributed by atoms with E-state index in [2.05, 4.69) is 33.0 Å². The van der Waals surface area contributed by atoms with Crippen LogP contribution in [-0.2, 0) is 18.3 Å². The maximum atomic E-state index is 13.2. The normalized spacial score (nSPS) is 26.5. The van der Waals surface area contributed by atoms with Crippen molar-refractivity contribution in [3.8, 4) is 5.75 Å². The Labute approximate surface area is 195 Å². The van der Waals surface area contributed by atoms with E-state index < -0.39 is 0 Å². The highest BCUT2D eigenvalue weighted by Gasteiger charge is 2.48. The zero-order valence-electron chi connectivity index (χ0n) is 19.5. The molecule has 0 spiro atoms. The molecule has 5 rings (SSSR count). The van der Waals surface area contributed by atoms with Crippen LogP contribution in [0.1, 0.15) is 41.9 Å². The number of piperidine rings is 3. The lowest BCUT2D eigenvalue weighted by Crippen LogP contribution is -2.64. The summed E-state index contributed by atoms with van der Waals surface area (Å²) in [4.78, 5) is 30.8. The van der Waals surface area contributed by atoms with E-state index in [4.69, 9.17) is 14.6 Å². The van der Waals surface area contributed by atoms with Gasteiger partial charge in [0.1, 0.15) is 5.75 Å². The summed E-state index contributed by atoms with van der Waals surface area (Å²) in [5.41, 5.74) is 1.33. The lowest BCUT2D eigenvalue weighted by molar-refractivity contribution is -0.122. The Balaban J connectivity index is 0.000000821. The largest absolute Gasteiger partial charge is 0.497 e. The number of ether oxygens (including phenoxy) is 1. The van der Waals surface area contributed by atoms with Gasteiger partial charge in [-0.1, -0.05) is 18.6 Å². The summed E-state index contributed by atoms with van der Waals surface area (Å²) in [6, 6.07) is 9.57. The smallest absolute Gasteiger partial charge is 0.290 e. The van der Waals surface area contributed by atoms with Crippen LogP contribution in [0.2, 0.25) is 0 Å². The Morgan fingerprint density at radius 1 is 1.27 bits per heavy atom. The number of nitrogens with zero attached hydrogens (tertiary/aromatic N) is 4. The molecular formula is C25H34N4O4. The molecule has 3 aliphatic heterocycles. The minimum atomic E-state index is -0.250. The Morgan fingerprint density at radius 2 is 2.06 bits per heavy atom. The predicted octanol–water partition coefficient (Wildman–Crippen LogP) is 2.69. The number of rotatable bonds is 4. The maximum absolute atomic E-state index is 13.2. The SMILES string of the molecule is COc1cccc(C[C@H]2[C@H]3C[C@H](CN(C(=O)c4nccn4C)C3)[C@@H]3CCCCN32)c1.O=CO. The number of imidazole rings is 1. The third-order valence-corrected chi connectivity index (χ3v) is 7.50. The highest BCUT2D eigenvalue weighted by atomic mass is 16.5. The van der Waals surface area contributed by atoms with Crippen molar-refractivity contribution < 1.29 is 19.4 Å². The monoisotopic (exact) mass is 454 g/mol. The van der Waals surface area contributed by atoms with Gasteiger partial charge < -0.3 is 19.3 Å². The van der Waals surface area contributed by atoms with Crippen LogP contribution < -0.4 is 4.74 Å². The first-order chi connectivity index (χ1) is 16.0. The van der Waals surface area contributed by atoms with E-state index in [-0.39, 0.29) is 12.4 Å². The molecule has 3 fully saturated rings. The lowest BCUT2D eigenvalue weighted by atomic mass is 9.71. The first-order valence-corrected chi connectivity index (χ1v) is 11.8.